The Morgan fingerprint density at radius 2 is 1.90 bits per heavy atom. The first-order chi connectivity index (χ1) is 14.1. The maximum absolute atomic E-state index is 5.63. The van der Waals surface area contributed by atoms with Crippen molar-refractivity contribution < 1.29 is 4.42 Å². The molecule has 2 aromatic heterocycles. The zero-order valence-electron chi connectivity index (χ0n) is 18.0. The Bertz CT molecular complexity index is 947. The molecule has 0 fully saturated rings. The second-order valence-corrected chi connectivity index (χ2v) is 7.03. The van der Waals surface area contributed by atoms with Gasteiger partial charge in [0.15, 0.2) is 11.8 Å². The van der Waals surface area contributed by atoms with Crippen LogP contribution < -0.4 is 10.6 Å². The standard InChI is InChI=1S/C21H29N7O.HI/c1-5-6-11-22-21(24-13-19-27-26-16(3)28(19)4)23-12-18-14-29-20(25-18)17-9-7-15(2)8-10-17;/h7-10,14H,5-6,11-13H2,1-4H3,(H2,22,23,24);1H. The minimum absolute atomic E-state index is 0. The summed E-state index contributed by atoms with van der Waals surface area (Å²) in [6.45, 7) is 7.98. The normalized spacial score (nSPS) is 11.3. The molecule has 0 aliphatic heterocycles. The van der Waals surface area contributed by atoms with Crippen LogP contribution in [-0.2, 0) is 20.1 Å². The predicted molar refractivity (Wildman–Crippen MR) is 129 cm³/mol. The van der Waals surface area contributed by atoms with E-state index in [0.29, 0.717) is 19.0 Å². The Balaban J connectivity index is 0.00000320. The van der Waals surface area contributed by atoms with Gasteiger partial charge in [-0.3, -0.25) is 0 Å². The molecule has 30 heavy (non-hydrogen) atoms. The van der Waals surface area contributed by atoms with Gasteiger partial charge >= 0.3 is 0 Å². The summed E-state index contributed by atoms with van der Waals surface area (Å²) in [5.41, 5.74) is 2.95. The van der Waals surface area contributed by atoms with Crippen molar-refractivity contribution >= 4 is 29.9 Å². The fraction of sp³-hybridized carbons (Fsp3) is 0.429. The van der Waals surface area contributed by atoms with Crippen LogP contribution in [0, 0.1) is 13.8 Å². The quantitative estimate of drug-likeness (QED) is 0.202. The molecule has 0 bridgehead atoms. The smallest absolute Gasteiger partial charge is 0.226 e. The van der Waals surface area contributed by atoms with Crippen molar-refractivity contribution in [3.63, 3.8) is 0 Å². The van der Waals surface area contributed by atoms with Crippen LogP contribution in [0.5, 0.6) is 0 Å². The minimum atomic E-state index is 0. The van der Waals surface area contributed by atoms with E-state index in [1.54, 1.807) is 6.26 Å². The SMILES string of the molecule is CCCCNC(=NCc1coc(-c2ccc(C)cc2)n1)NCc1nnc(C)n1C.I. The van der Waals surface area contributed by atoms with E-state index in [4.69, 9.17) is 4.42 Å². The maximum atomic E-state index is 5.63. The van der Waals surface area contributed by atoms with Crippen LogP contribution in [0.3, 0.4) is 0 Å². The van der Waals surface area contributed by atoms with Crippen LogP contribution in [0.25, 0.3) is 11.5 Å². The van der Waals surface area contributed by atoms with E-state index in [2.05, 4.69) is 44.7 Å². The van der Waals surface area contributed by atoms with Gasteiger partial charge in [0.05, 0.1) is 13.1 Å². The van der Waals surface area contributed by atoms with Crippen molar-refractivity contribution in [3.8, 4) is 11.5 Å². The number of nitrogens with one attached hydrogen (secondary N) is 2. The summed E-state index contributed by atoms with van der Waals surface area (Å²) in [7, 11) is 1.95. The summed E-state index contributed by atoms with van der Waals surface area (Å²) in [6.07, 6.45) is 3.85. The summed E-state index contributed by atoms with van der Waals surface area (Å²) in [5, 5.41) is 15.0. The molecule has 2 N–H and O–H groups in total. The average Bonchev–Trinajstić information content (AvgIpc) is 3.32. The van der Waals surface area contributed by atoms with Crippen LogP contribution in [0.1, 0.15) is 42.7 Å². The third-order valence-corrected chi connectivity index (χ3v) is 4.67. The first-order valence-corrected chi connectivity index (χ1v) is 9.95. The molecular weight excluding hydrogens is 493 g/mol. The molecule has 8 nitrogen and oxygen atoms in total. The molecular formula is C21H30IN7O. The zero-order valence-corrected chi connectivity index (χ0v) is 20.3. The molecule has 0 saturated heterocycles. The number of oxazole rings is 1. The van der Waals surface area contributed by atoms with E-state index in [0.717, 1.165) is 48.3 Å². The van der Waals surface area contributed by atoms with Crippen molar-refractivity contribution in [2.45, 2.75) is 46.7 Å². The predicted octanol–water partition coefficient (Wildman–Crippen LogP) is 3.74. The first kappa shape index (κ1) is 23.8. The molecule has 0 amide bonds. The molecule has 1 aromatic carbocycles. The van der Waals surface area contributed by atoms with Crippen LogP contribution >= 0.6 is 24.0 Å². The van der Waals surface area contributed by atoms with Crippen molar-refractivity contribution in [2.75, 3.05) is 6.54 Å². The number of aliphatic imine (C=N–C) groups is 1. The van der Waals surface area contributed by atoms with E-state index < -0.39 is 0 Å². The topological polar surface area (TPSA) is 93.2 Å². The third kappa shape index (κ3) is 6.54. The largest absolute Gasteiger partial charge is 0.444 e. The van der Waals surface area contributed by atoms with Crippen molar-refractivity contribution in [2.24, 2.45) is 12.0 Å². The fourth-order valence-corrected chi connectivity index (χ4v) is 2.69. The highest BCUT2D eigenvalue weighted by Gasteiger charge is 2.08. The summed E-state index contributed by atoms with van der Waals surface area (Å²) in [6, 6.07) is 8.11. The molecule has 162 valence electrons. The molecule has 0 aliphatic carbocycles. The van der Waals surface area contributed by atoms with Crippen LogP contribution in [0.4, 0.5) is 0 Å². The van der Waals surface area contributed by atoms with Gasteiger partial charge < -0.3 is 19.6 Å². The lowest BCUT2D eigenvalue weighted by Gasteiger charge is -2.12. The van der Waals surface area contributed by atoms with Crippen molar-refractivity contribution in [1.29, 1.82) is 0 Å². The zero-order chi connectivity index (χ0) is 20.6. The first-order valence-electron chi connectivity index (χ1n) is 9.95. The fourth-order valence-electron chi connectivity index (χ4n) is 2.69. The number of hydrogen-bond acceptors (Lipinski definition) is 5. The highest BCUT2D eigenvalue weighted by Crippen LogP contribution is 2.19. The van der Waals surface area contributed by atoms with Gasteiger partial charge in [-0.15, -0.1) is 34.2 Å². The number of rotatable bonds is 8. The number of unbranched alkanes of at least 4 members (excludes halogenated alkanes) is 1. The molecule has 0 aliphatic rings. The van der Waals surface area contributed by atoms with Gasteiger partial charge in [-0.2, -0.15) is 0 Å². The van der Waals surface area contributed by atoms with Crippen LogP contribution in [-0.4, -0.2) is 32.3 Å². The second kappa shape index (κ2) is 11.7. The van der Waals surface area contributed by atoms with Gasteiger partial charge in [0.25, 0.3) is 0 Å². The van der Waals surface area contributed by atoms with E-state index in [1.807, 2.05) is 42.8 Å². The summed E-state index contributed by atoms with van der Waals surface area (Å²) in [4.78, 5) is 9.21. The third-order valence-electron chi connectivity index (χ3n) is 4.67. The number of aryl methyl sites for hydroxylation is 2. The monoisotopic (exact) mass is 523 g/mol. The number of halogens is 1. The van der Waals surface area contributed by atoms with Crippen LogP contribution in [0.2, 0.25) is 0 Å². The van der Waals surface area contributed by atoms with Gasteiger partial charge in [-0.05, 0) is 32.4 Å². The van der Waals surface area contributed by atoms with E-state index in [9.17, 15) is 0 Å². The molecule has 9 heteroatoms. The second-order valence-electron chi connectivity index (χ2n) is 7.03. The highest BCUT2D eigenvalue weighted by atomic mass is 127. The number of guanidine groups is 1. The molecule has 3 aromatic rings. The van der Waals surface area contributed by atoms with Gasteiger partial charge in [-0.25, -0.2) is 9.98 Å². The summed E-state index contributed by atoms with van der Waals surface area (Å²) < 4.78 is 7.59. The number of hydrogen-bond donors (Lipinski definition) is 2. The lowest BCUT2D eigenvalue weighted by molar-refractivity contribution is 0.572. The molecule has 3 rings (SSSR count). The number of nitrogens with zero attached hydrogens (tertiary/aromatic N) is 5. The minimum Gasteiger partial charge on any atom is -0.444 e. The summed E-state index contributed by atoms with van der Waals surface area (Å²) >= 11 is 0. The van der Waals surface area contributed by atoms with Crippen molar-refractivity contribution in [3.05, 3.63) is 53.4 Å². The lowest BCUT2D eigenvalue weighted by atomic mass is 10.1. The number of benzene rings is 1. The highest BCUT2D eigenvalue weighted by molar-refractivity contribution is 14.0. The van der Waals surface area contributed by atoms with Gasteiger partial charge in [0.2, 0.25) is 5.89 Å². The molecule has 0 spiro atoms. The van der Waals surface area contributed by atoms with Crippen molar-refractivity contribution in [1.82, 2.24) is 30.4 Å². The molecule has 0 atom stereocenters. The van der Waals surface area contributed by atoms with E-state index >= 15 is 0 Å². The number of aromatic nitrogens is 4. The maximum Gasteiger partial charge on any atom is 0.226 e. The van der Waals surface area contributed by atoms with E-state index in [-0.39, 0.29) is 24.0 Å². The Morgan fingerprint density at radius 3 is 2.57 bits per heavy atom. The summed E-state index contributed by atoms with van der Waals surface area (Å²) in [5.74, 6) is 3.07. The lowest BCUT2D eigenvalue weighted by Crippen LogP contribution is -2.38. The van der Waals surface area contributed by atoms with Crippen LogP contribution in [0.15, 0.2) is 39.9 Å². The van der Waals surface area contributed by atoms with Gasteiger partial charge in [0.1, 0.15) is 17.8 Å². The molecule has 0 saturated carbocycles. The Kier molecular flexibility index (Phi) is 9.28. The molecule has 2 heterocycles. The Morgan fingerprint density at radius 1 is 1.13 bits per heavy atom. The Hall–Kier alpha value is -2.43. The van der Waals surface area contributed by atoms with Gasteiger partial charge in [-0.1, -0.05) is 31.0 Å². The Labute approximate surface area is 194 Å². The average molecular weight is 523 g/mol. The van der Waals surface area contributed by atoms with E-state index in [1.165, 1.54) is 5.56 Å². The van der Waals surface area contributed by atoms with Gasteiger partial charge in [0, 0.05) is 19.2 Å². The molecule has 0 radical (unpaired) electrons. The molecule has 0 unspecified atom stereocenters.